The molecule has 1 amide bonds. The van der Waals surface area contributed by atoms with E-state index in [-0.39, 0.29) is 45.7 Å². The number of ketones is 2. The van der Waals surface area contributed by atoms with Gasteiger partial charge in [0.1, 0.15) is 23.0 Å². The fourth-order valence-corrected chi connectivity index (χ4v) is 8.15. The van der Waals surface area contributed by atoms with E-state index in [9.17, 15) is 40.8 Å². The van der Waals surface area contributed by atoms with Crippen molar-refractivity contribution in [1.82, 2.24) is 19.1 Å². The lowest BCUT2D eigenvalue weighted by Gasteiger charge is -2.08. The molecule has 0 bridgehead atoms. The number of nitrogens with zero attached hydrogens (tertiary/aromatic N) is 3. The second-order valence-electron chi connectivity index (χ2n) is 10.4. The number of sulfone groups is 1. The first-order valence-corrected chi connectivity index (χ1v) is 18.4. The lowest BCUT2D eigenvalue weighted by Crippen LogP contribution is -2.40. The Morgan fingerprint density at radius 1 is 0.902 bits per heavy atom. The van der Waals surface area contributed by atoms with E-state index in [1.54, 1.807) is 35.1 Å². The zero-order valence-electron chi connectivity index (χ0n) is 28.2. The third-order valence-corrected chi connectivity index (χ3v) is 11.0. The minimum Gasteiger partial charge on any atom is -0.496 e. The van der Waals surface area contributed by atoms with Crippen LogP contribution in [0.1, 0.15) is 31.2 Å². The molecule has 274 valence electrons. The predicted octanol–water partition coefficient (Wildman–Crippen LogP) is 1.80. The van der Waals surface area contributed by atoms with E-state index < -0.39 is 54.0 Å². The Hall–Kier alpha value is -5.18. The minimum absolute atomic E-state index is 0.00740. The molecule has 4 rings (SSSR count). The van der Waals surface area contributed by atoms with Gasteiger partial charge in [-0.1, -0.05) is 24.3 Å². The Morgan fingerprint density at radius 3 is 2.12 bits per heavy atom. The quantitative estimate of drug-likeness (QED) is 0.151. The summed E-state index contributed by atoms with van der Waals surface area (Å²) in [5.74, 6) is -1.83. The van der Waals surface area contributed by atoms with Crippen LogP contribution in [0.4, 0.5) is 4.79 Å². The SMILES string of the molecule is COC(=O)c1csc(C)c1S(=O)(=O)NC(=O)n1nc(OC)n(C)c1=O.COCC(=O)Cc1ccc(S(=O)(=O)CC(=O)c2ccccc2OC)cc1. The van der Waals surface area contributed by atoms with Crippen molar-refractivity contribution in [3.8, 4) is 11.8 Å². The Bertz CT molecular complexity index is 2200. The molecule has 20 heteroatoms. The number of methoxy groups -OCH3 is 4. The van der Waals surface area contributed by atoms with Crippen LogP contribution < -0.4 is 19.9 Å². The van der Waals surface area contributed by atoms with Crippen LogP contribution in [0.25, 0.3) is 0 Å². The highest BCUT2D eigenvalue weighted by molar-refractivity contribution is 7.92. The maximum atomic E-state index is 12.5. The van der Waals surface area contributed by atoms with Crippen LogP contribution in [0.2, 0.25) is 0 Å². The van der Waals surface area contributed by atoms with Crippen molar-refractivity contribution in [3.63, 3.8) is 0 Å². The number of aromatic nitrogens is 3. The number of sulfonamides is 1. The molecular weight excluding hydrogens is 733 g/mol. The van der Waals surface area contributed by atoms with Gasteiger partial charge in [-0.05, 0) is 36.8 Å². The highest BCUT2D eigenvalue weighted by atomic mass is 32.2. The van der Waals surface area contributed by atoms with Gasteiger partial charge < -0.3 is 18.9 Å². The van der Waals surface area contributed by atoms with Gasteiger partial charge in [-0.25, -0.2) is 40.5 Å². The van der Waals surface area contributed by atoms with Crippen molar-refractivity contribution in [2.75, 3.05) is 40.8 Å². The maximum Gasteiger partial charge on any atom is 0.360 e. The largest absolute Gasteiger partial charge is 0.496 e. The molecule has 0 fully saturated rings. The number of hydrogen-bond donors (Lipinski definition) is 1. The normalized spacial score (nSPS) is 11.2. The van der Waals surface area contributed by atoms with Gasteiger partial charge >= 0.3 is 23.7 Å². The lowest BCUT2D eigenvalue weighted by atomic mass is 10.1. The fourth-order valence-electron chi connectivity index (χ4n) is 4.43. The number of hydrogen-bond acceptors (Lipinski definition) is 15. The summed E-state index contributed by atoms with van der Waals surface area (Å²) in [5.41, 5.74) is -0.210. The van der Waals surface area contributed by atoms with E-state index in [1.165, 1.54) is 58.9 Å². The number of aryl methyl sites for hydroxylation is 1. The molecule has 0 atom stereocenters. The molecule has 0 unspecified atom stereocenters. The number of benzene rings is 2. The minimum atomic E-state index is -4.45. The summed E-state index contributed by atoms with van der Waals surface area (Å²) in [6, 6.07) is 10.9. The van der Waals surface area contributed by atoms with Gasteiger partial charge in [0.25, 0.3) is 10.0 Å². The summed E-state index contributed by atoms with van der Waals surface area (Å²) in [6.07, 6.45) is 0.161. The number of para-hydroxylation sites is 1. The van der Waals surface area contributed by atoms with Crippen LogP contribution >= 0.6 is 11.3 Å². The molecule has 4 aromatic rings. The fraction of sp³-hybridized carbons (Fsp3) is 0.290. The van der Waals surface area contributed by atoms with E-state index >= 15 is 0 Å². The van der Waals surface area contributed by atoms with Crippen molar-refractivity contribution in [2.24, 2.45) is 7.05 Å². The topological polar surface area (TPSA) is 225 Å². The summed E-state index contributed by atoms with van der Waals surface area (Å²) in [4.78, 5) is 59.6. The molecule has 51 heavy (non-hydrogen) atoms. The van der Waals surface area contributed by atoms with Gasteiger partial charge in [0, 0.05) is 30.8 Å². The molecule has 2 aromatic carbocycles. The van der Waals surface area contributed by atoms with Gasteiger partial charge in [0.2, 0.25) is 0 Å². The first-order valence-electron chi connectivity index (χ1n) is 14.4. The van der Waals surface area contributed by atoms with E-state index in [2.05, 4.69) is 9.84 Å². The van der Waals surface area contributed by atoms with Gasteiger partial charge in [-0.2, -0.15) is 0 Å². The van der Waals surface area contributed by atoms with Gasteiger partial charge in [-0.15, -0.1) is 21.1 Å². The molecule has 0 radical (unpaired) electrons. The standard InChI is InChI=1S/C19H20O6S.C12H14N4O7S2/c1-24-12-15(20)11-14-7-9-16(10-8-14)26(22,23)13-18(21)17-5-3-4-6-19(17)25-2;1-6-8(7(5-24-6)9(17)22-3)25(20,21)14-10(18)16-12(19)15(2)11(13-16)23-4/h3-10H,11-13H2,1-2H3;5H,1-4H3,(H,14,18). The second kappa shape index (κ2) is 17.2. The lowest BCUT2D eigenvalue weighted by molar-refractivity contribution is -0.122. The van der Waals surface area contributed by atoms with Crippen molar-refractivity contribution < 1.29 is 55.0 Å². The summed E-state index contributed by atoms with van der Waals surface area (Å²) < 4.78 is 72.1. The number of nitrogens with one attached hydrogen (secondary N) is 1. The number of carbonyl (C=O) groups excluding carboxylic acids is 4. The smallest absolute Gasteiger partial charge is 0.360 e. The zero-order valence-corrected chi connectivity index (χ0v) is 30.6. The van der Waals surface area contributed by atoms with Crippen LogP contribution in [-0.4, -0.2) is 95.5 Å². The predicted molar refractivity (Wildman–Crippen MR) is 182 cm³/mol. The Kier molecular flexibility index (Phi) is 13.5. The number of esters is 1. The molecule has 0 aliphatic rings. The van der Waals surface area contributed by atoms with Crippen LogP contribution in [-0.2, 0) is 47.6 Å². The van der Waals surface area contributed by atoms with E-state index in [0.717, 1.165) is 23.0 Å². The molecule has 2 heterocycles. The van der Waals surface area contributed by atoms with Crippen LogP contribution in [0.3, 0.4) is 0 Å². The van der Waals surface area contributed by atoms with Crippen molar-refractivity contribution in [1.29, 1.82) is 0 Å². The number of carbonyl (C=O) groups is 4. The summed E-state index contributed by atoms with van der Waals surface area (Å²) in [7, 11) is -1.76. The Labute approximate surface area is 296 Å². The number of rotatable bonds is 13. The maximum absolute atomic E-state index is 12.5. The van der Waals surface area contributed by atoms with Crippen LogP contribution in [0.15, 0.2) is 68.5 Å². The average Bonchev–Trinajstić information content (AvgIpc) is 3.63. The van der Waals surface area contributed by atoms with Crippen molar-refractivity contribution in [3.05, 3.63) is 86.0 Å². The van der Waals surface area contributed by atoms with Gasteiger partial charge in [0.15, 0.2) is 21.4 Å². The zero-order chi connectivity index (χ0) is 38.1. The number of thiophene rings is 1. The van der Waals surface area contributed by atoms with Crippen LogP contribution in [0, 0.1) is 6.92 Å². The average molecular weight is 767 g/mol. The molecule has 2 aromatic heterocycles. The summed E-state index contributed by atoms with van der Waals surface area (Å²) in [5, 5.41) is 4.87. The molecule has 1 N–H and O–H groups in total. The summed E-state index contributed by atoms with van der Waals surface area (Å²) >= 11 is 0.998. The van der Waals surface area contributed by atoms with E-state index in [1.807, 2.05) is 0 Å². The highest BCUT2D eigenvalue weighted by Crippen LogP contribution is 2.27. The molecular formula is C31H34N4O13S3. The second-order valence-corrected chi connectivity index (χ2v) is 15.0. The molecule has 0 saturated carbocycles. The molecule has 0 saturated heterocycles. The molecule has 17 nitrogen and oxygen atoms in total. The van der Waals surface area contributed by atoms with E-state index in [4.69, 9.17) is 14.2 Å². The van der Waals surface area contributed by atoms with E-state index in [0.29, 0.717) is 16.0 Å². The van der Waals surface area contributed by atoms with Crippen molar-refractivity contribution >= 4 is 54.8 Å². The first-order chi connectivity index (χ1) is 24.0. The van der Waals surface area contributed by atoms with Crippen LogP contribution in [0.5, 0.6) is 11.8 Å². The van der Waals surface area contributed by atoms with Gasteiger partial charge in [0.05, 0.1) is 37.4 Å². The Morgan fingerprint density at radius 2 is 1.55 bits per heavy atom. The molecule has 0 aliphatic heterocycles. The third-order valence-electron chi connectivity index (χ3n) is 6.85. The number of Topliss-reactive ketones (excluding diaryl/α,β-unsaturated/α-hetero) is 2. The number of ether oxygens (including phenoxy) is 4. The van der Waals surface area contributed by atoms with Crippen molar-refractivity contribution in [2.45, 2.75) is 23.1 Å². The highest BCUT2D eigenvalue weighted by Gasteiger charge is 2.30. The molecule has 0 spiro atoms. The summed E-state index contributed by atoms with van der Waals surface area (Å²) in [6.45, 7) is 1.47. The van der Waals surface area contributed by atoms with Gasteiger partial charge in [-0.3, -0.25) is 9.59 Å². The third kappa shape index (κ3) is 9.75. The first kappa shape index (κ1) is 40.3. The monoisotopic (exact) mass is 766 g/mol. The number of amides is 1. The molecule has 0 aliphatic carbocycles. The Balaban J connectivity index is 0.000000276.